The summed E-state index contributed by atoms with van der Waals surface area (Å²) < 4.78 is 0. The van der Waals surface area contributed by atoms with Gasteiger partial charge in [-0.1, -0.05) is 55.3 Å². The lowest BCUT2D eigenvalue weighted by Gasteiger charge is -2.29. The Bertz CT molecular complexity index is 638. The Morgan fingerprint density at radius 3 is 2.67 bits per heavy atom. The van der Waals surface area contributed by atoms with Crippen LogP contribution in [-0.2, 0) is 11.2 Å². The molecule has 1 amide bonds. The number of fused-ring (bicyclic) bond motifs is 1. The zero-order valence-corrected chi connectivity index (χ0v) is 12.2. The van der Waals surface area contributed by atoms with Gasteiger partial charge in [-0.05, 0) is 29.2 Å². The molecule has 21 heavy (non-hydrogen) atoms. The fourth-order valence-electron chi connectivity index (χ4n) is 3.13. The molecule has 1 aliphatic rings. The second-order valence-electron chi connectivity index (χ2n) is 5.98. The van der Waals surface area contributed by atoms with Crippen molar-refractivity contribution in [3.05, 3.63) is 48.0 Å². The van der Waals surface area contributed by atoms with Gasteiger partial charge in [0.15, 0.2) is 0 Å². The average Bonchev–Trinajstić information content (AvgIpc) is 2.49. The molecule has 1 aliphatic carbocycles. The SMILES string of the molecule is NC1CCCCC1NC(=O)Cc1ccc2ccccc2c1. The standard InChI is InChI=1S/C18H22N2O/c19-16-7-3-4-8-17(16)20-18(21)12-13-9-10-14-5-1-2-6-15(14)11-13/h1-2,5-6,9-11,16-17H,3-4,7-8,12,19H2,(H,20,21). The average molecular weight is 282 g/mol. The van der Waals surface area contributed by atoms with Crippen LogP contribution in [0.25, 0.3) is 10.8 Å². The van der Waals surface area contributed by atoms with Crippen molar-refractivity contribution in [3.63, 3.8) is 0 Å². The third-order valence-corrected chi connectivity index (χ3v) is 4.34. The van der Waals surface area contributed by atoms with E-state index < -0.39 is 0 Å². The van der Waals surface area contributed by atoms with Crippen LogP contribution in [-0.4, -0.2) is 18.0 Å². The van der Waals surface area contributed by atoms with Gasteiger partial charge in [-0.15, -0.1) is 0 Å². The molecule has 3 N–H and O–H groups in total. The summed E-state index contributed by atoms with van der Waals surface area (Å²) in [6.45, 7) is 0. The first kappa shape index (κ1) is 14.1. The molecule has 0 aromatic heterocycles. The predicted molar refractivity (Wildman–Crippen MR) is 86.0 cm³/mol. The third kappa shape index (κ3) is 3.42. The number of carbonyl (C=O) groups excluding carboxylic acids is 1. The van der Waals surface area contributed by atoms with Crippen molar-refractivity contribution in [1.82, 2.24) is 5.32 Å². The molecule has 0 spiro atoms. The largest absolute Gasteiger partial charge is 0.352 e. The molecule has 3 heteroatoms. The summed E-state index contributed by atoms with van der Waals surface area (Å²) in [6.07, 6.45) is 4.78. The molecule has 2 aromatic rings. The van der Waals surface area contributed by atoms with Gasteiger partial charge in [0, 0.05) is 12.1 Å². The Morgan fingerprint density at radius 2 is 1.86 bits per heavy atom. The molecule has 0 heterocycles. The summed E-state index contributed by atoms with van der Waals surface area (Å²) >= 11 is 0. The van der Waals surface area contributed by atoms with E-state index >= 15 is 0 Å². The molecule has 110 valence electrons. The van der Waals surface area contributed by atoms with Crippen molar-refractivity contribution < 1.29 is 4.79 Å². The van der Waals surface area contributed by atoms with Crippen molar-refractivity contribution in [2.45, 2.75) is 44.2 Å². The Labute approximate surface area is 125 Å². The van der Waals surface area contributed by atoms with Gasteiger partial charge < -0.3 is 11.1 Å². The highest BCUT2D eigenvalue weighted by Crippen LogP contribution is 2.18. The Morgan fingerprint density at radius 1 is 1.10 bits per heavy atom. The highest BCUT2D eigenvalue weighted by Gasteiger charge is 2.23. The molecular weight excluding hydrogens is 260 g/mol. The number of nitrogens with one attached hydrogen (secondary N) is 1. The van der Waals surface area contributed by atoms with Gasteiger partial charge in [-0.25, -0.2) is 0 Å². The van der Waals surface area contributed by atoms with Gasteiger partial charge in [0.05, 0.1) is 6.42 Å². The maximum absolute atomic E-state index is 12.2. The van der Waals surface area contributed by atoms with Crippen LogP contribution in [0.15, 0.2) is 42.5 Å². The zero-order chi connectivity index (χ0) is 14.7. The first-order valence-electron chi connectivity index (χ1n) is 7.75. The van der Waals surface area contributed by atoms with Gasteiger partial charge in [-0.2, -0.15) is 0 Å². The summed E-state index contributed by atoms with van der Waals surface area (Å²) in [4.78, 5) is 12.2. The molecule has 0 saturated heterocycles. The summed E-state index contributed by atoms with van der Waals surface area (Å²) in [5, 5.41) is 5.48. The van der Waals surface area contributed by atoms with Crippen LogP contribution in [0, 0.1) is 0 Å². The first-order chi connectivity index (χ1) is 10.2. The summed E-state index contributed by atoms with van der Waals surface area (Å²) in [5.41, 5.74) is 7.13. The quantitative estimate of drug-likeness (QED) is 0.909. The molecule has 0 radical (unpaired) electrons. The molecule has 2 unspecified atom stereocenters. The molecule has 0 bridgehead atoms. The maximum atomic E-state index is 12.2. The van der Waals surface area contributed by atoms with E-state index in [2.05, 4.69) is 29.6 Å². The van der Waals surface area contributed by atoms with Gasteiger partial charge in [0.25, 0.3) is 0 Å². The first-order valence-corrected chi connectivity index (χ1v) is 7.75. The number of carbonyl (C=O) groups is 1. The highest BCUT2D eigenvalue weighted by atomic mass is 16.1. The minimum Gasteiger partial charge on any atom is -0.352 e. The lowest BCUT2D eigenvalue weighted by Crippen LogP contribution is -2.49. The molecule has 2 atom stereocenters. The summed E-state index contributed by atoms with van der Waals surface area (Å²) in [5.74, 6) is 0.0765. The molecular formula is C18H22N2O. The van der Waals surface area contributed by atoms with E-state index in [0.29, 0.717) is 6.42 Å². The van der Waals surface area contributed by atoms with Crippen LogP contribution in [0.2, 0.25) is 0 Å². The number of hydrogen-bond donors (Lipinski definition) is 2. The zero-order valence-electron chi connectivity index (χ0n) is 12.2. The Balaban J connectivity index is 1.65. The number of hydrogen-bond acceptors (Lipinski definition) is 2. The van der Waals surface area contributed by atoms with Crippen molar-refractivity contribution >= 4 is 16.7 Å². The second-order valence-corrected chi connectivity index (χ2v) is 5.98. The second kappa shape index (κ2) is 6.27. The minimum absolute atomic E-state index is 0.0765. The van der Waals surface area contributed by atoms with Crippen LogP contribution in [0.1, 0.15) is 31.2 Å². The third-order valence-electron chi connectivity index (χ3n) is 4.34. The summed E-state index contributed by atoms with van der Waals surface area (Å²) in [7, 11) is 0. The van der Waals surface area contributed by atoms with Crippen LogP contribution < -0.4 is 11.1 Å². The Hall–Kier alpha value is -1.87. The van der Waals surface area contributed by atoms with Crippen LogP contribution in [0.5, 0.6) is 0 Å². The molecule has 3 nitrogen and oxygen atoms in total. The Kier molecular flexibility index (Phi) is 4.20. The number of benzene rings is 2. The molecule has 0 aliphatic heterocycles. The van der Waals surface area contributed by atoms with E-state index in [-0.39, 0.29) is 18.0 Å². The number of amides is 1. The van der Waals surface area contributed by atoms with Crippen molar-refractivity contribution in [3.8, 4) is 0 Å². The molecule has 1 fully saturated rings. The van der Waals surface area contributed by atoms with E-state index in [9.17, 15) is 4.79 Å². The van der Waals surface area contributed by atoms with Gasteiger partial charge in [-0.3, -0.25) is 4.79 Å². The van der Waals surface area contributed by atoms with E-state index in [4.69, 9.17) is 5.73 Å². The molecule has 3 rings (SSSR count). The van der Waals surface area contributed by atoms with Gasteiger partial charge in [0.2, 0.25) is 5.91 Å². The van der Waals surface area contributed by atoms with Crippen molar-refractivity contribution in [1.29, 1.82) is 0 Å². The van der Waals surface area contributed by atoms with Crippen LogP contribution in [0.4, 0.5) is 0 Å². The van der Waals surface area contributed by atoms with Crippen molar-refractivity contribution in [2.24, 2.45) is 5.73 Å². The predicted octanol–water partition coefficient (Wildman–Crippen LogP) is 2.77. The van der Waals surface area contributed by atoms with Crippen LogP contribution in [0.3, 0.4) is 0 Å². The minimum atomic E-state index is 0.0765. The van der Waals surface area contributed by atoms with E-state index in [1.54, 1.807) is 0 Å². The molecule has 2 aromatic carbocycles. The fraction of sp³-hybridized carbons (Fsp3) is 0.389. The van der Waals surface area contributed by atoms with Gasteiger partial charge >= 0.3 is 0 Å². The number of rotatable bonds is 3. The topological polar surface area (TPSA) is 55.1 Å². The van der Waals surface area contributed by atoms with Crippen molar-refractivity contribution in [2.75, 3.05) is 0 Å². The molecule has 1 saturated carbocycles. The van der Waals surface area contributed by atoms with Gasteiger partial charge in [0.1, 0.15) is 0 Å². The fourth-order valence-corrected chi connectivity index (χ4v) is 3.13. The lowest BCUT2D eigenvalue weighted by molar-refractivity contribution is -0.121. The highest BCUT2D eigenvalue weighted by molar-refractivity contribution is 5.85. The van der Waals surface area contributed by atoms with Crippen LogP contribution >= 0.6 is 0 Å². The smallest absolute Gasteiger partial charge is 0.224 e. The maximum Gasteiger partial charge on any atom is 0.224 e. The lowest BCUT2D eigenvalue weighted by atomic mass is 9.91. The monoisotopic (exact) mass is 282 g/mol. The van der Waals surface area contributed by atoms with E-state index in [1.807, 2.05) is 18.2 Å². The van der Waals surface area contributed by atoms with E-state index in [0.717, 1.165) is 24.8 Å². The number of nitrogens with two attached hydrogens (primary N) is 1. The summed E-state index contributed by atoms with van der Waals surface area (Å²) in [6, 6.07) is 14.7. The van der Waals surface area contributed by atoms with E-state index in [1.165, 1.54) is 17.2 Å². The normalized spacial score (nSPS) is 22.1.